The highest BCUT2D eigenvalue weighted by molar-refractivity contribution is 9.10. The van der Waals surface area contributed by atoms with Crippen molar-refractivity contribution in [2.75, 3.05) is 6.61 Å². The lowest BCUT2D eigenvalue weighted by Crippen LogP contribution is -2.16. The molecule has 0 atom stereocenters. The molecule has 0 aliphatic rings. The monoisotopic (exact) mass is 422 g/mol. The number of halogens is 1. The molecule has 0 radical (unpaired) electrons. The van der Waals surface area contributed by atoms with Crippen LogP contribution in [0.5, 0.6) is 5.75 Å². The first-order valence-electron chi connectivity index (χ1n) is 8.32. The van der Waals surface area contributed by atoms with Crippen molar-refractivity contribution in [3.8, 4) is 5.75 Å². The summed E-state index contributed by atoms with van der Waals surface area (Å²) in [5.74, 6) is 1.14. The summed E-state index contributed by atoms with van der Waals surface area (Å²) in [6, 6.07) is 7.65. The Bertz CT molecular complexity index is 741. The van der Waals surface area contributed by atoms with E-state index in [-0.39, 0.29) is 5.91 Å². The normalized spacial score (nSPS) is 11.2. The summed E-state index contributed by atoms with van der Waals surface area (Å²) >= 11 is 5.04. The molecule has 0 aliphatic heterocycles. The van der Waals surface area contributed by atoms with Crippen molar-refractivity contribution in [1.82, 2.24) is 5.43 Å². The fourth-order valence-electron chi connectivity index (χ4n) is 2.07. The largest absolute Gasteiger partial charge is 0.493 e. The Labute approximate surface area is 161 Å². The average Bonchev–Trinajstić information content (AvgIpc) is 3.05. The predicted molar refractivity (Wildman–Crippen MR) is 108 cm³/mol. The van der Waals surface area contributed by atoms with E-state index in [0.717, 1.165) is 28.6 Å². The van der Waals surface area contributed by atoms with Crippen LogP contribution in [-0.4, -0.2) is 18.7 Å². The number of thiophene rings is 1. The van der Waals surface area contributed by atoms with Crippen molar-refractivity contribution in [2.45, 2.75) is 33.6 Å². The van der Waals surface area contributed by atoms with E-state index in [1.165, 1.54) is 4.88 Å². The number of nitrogens with one attached hydrogen (secondary N) is 1. The minimum absolute atomic E-state index is 0.204. The summed E-state index contributed by atoms with van der Waals surface area (Å²) in [5.41, 5.74) is 4.03. The van der Waals surface area contributed by atoms with E-state index in [0.29, 0.717) is 18.1 Å². The molecule has 1 aromatic heterocycles. The minimum atomic E-state index is -0.204. The summed E-state index contributed by atoms with van der Waals surface area (Å²) in [4.78, 5) is 13.3. The van der Waals surface area contributed by atoms with Gasteiger partial charge >= 0.3 is 0 Å². The first-order valence-corrected chi connectivity index (χ1v) is 10.00. The fourth-order valence-corrected chi connectivity index (χ4v) is 3.26. The molecule has 0 unspecified atom stereocenters. The topological polar surface area (TPSA) is 50.7 Å². The molecule has 134 valence electrons. The zero-order valence-corrected chi connectivity index (χ0v) is 17.1. The lowest BCUT2D eigenvalue weighted by atomic mass is 10.1. The molecule has 25 heavy (non-hydrogen) atoms. The SMILES string of the molecule is CCc1cc(C(=O)NN=Cc2cc(Br)ccc2OCCC(C)C)cs1. The first-order chi connectivity index (χ1) is 12.0. The summed E-state index contributed by atoms with van der Waals surface area (Å²) in [5, 5.41) is 5.93. The number of nitrogens with zero attached hydrogens (tertiary/aromatic N) is 1. The number of carbonyl (C=O) groups is 1. The van der Waals surface area contributed by atoms with Gasteiger partial charge < -0.3 is 4.74 Å². The maximum absolute atomic E-state index is 12.1. The molecular formula is C19H23BrN2O2S. The third-order valence-corrected chi connectivity index (χ3v) is 5.13. The van der Waals surface area contributed by atoms with Gasteiger partial charge in [-0.2, -0.15) is 5.10 Å². The number of aryl methyl sites for hydroxylation is 1. The zero-order chi connectivity index (χ0) is 18.2. The smallest absolute Gasteiger partial charge is 0.272 e. The average molecular weight is 423 g/mol. The number of hydrogen-bond acceptors (Lipinski definition) is 4. The quantitative estimate of drug-likeness (QED) is 0.465. The van der Waals surface area contributed by atoms with E-state index >= 15 is 0 Å². The summed E-state index contributed by atoms with van der Waals surface area (Å²) in [7, 11) is 0. The van der Waals surface area contributed by atoms with E-state index in [2.05, 4.69) is 47.2 Å². The molecule has 1 aromatic carbocycles. The van der Waals surface area contributed by atoms with Crippen molar-refractivity contribution >= 4 is 39.4 Å². The highest BCUT2D eigenvalue weighted by Gasteiger charge is 2.08. The molecule has 2 aromatic rings. The van der Waals surface area contributed by atoms with Crippen LogP contribution in [0, 0.1) is 5.92 Å². The summed E-state index contributed by atoms with van der Waals surface area (Å²) in [6.07, 6.45) is 3.53. The molecule has 1 N–H and O–H groups in total. The van der Waals surface area contributed by atoms with Gasteiger partial charge in [0.05, 0.1) is 18.4 Å². The highest BCUT2D eigenvalue weighted by Crippen LogP contribution is 2.22. The molecule has 2 rings (SSSR count). The Balaban J connectivity index is 2.01. The van der Waals surface area contributed by atoms with Gasteiger partial charge in [0.1, 0.15) is 5.75 Å². The molecule has 0 saturated heterocycles. The molecule has 1 amide bonds. The van der Waals surface area contributed by atoms with Crippen LogP contribution in [0.2, 0.25) is 0 Å². The maximum Gasteiger partial charge on any atom is 0.272 e. The number of hydrogen-bond donors (Lipinski definition) is 1. The van der Waals surface area contributed by atoms with Crippen LogP contribution in [0.4, 0.5) is 0 Å². The van der Waals surface area contributed by atoms with E-state index in [9.17, 15) is 4.79 Å². The Morgan fingerprint density at radius 2 is 2.20 bits per heavy atom. The van der Waals surface area contributed by atoms with Crippen molar-refractivity contribution < 1.29 is 9.53 Å². The Morgan fingerprint density at radius 1 is 1.40 bits per heavy atom. The summed E-state index contributed by atoms with van der Waals surface area (Å²) in [6.45, 7) is 7.05. The molecule has 0 saturated carbocycles. The van der Waals surface area contributed by atoms with Gasteiger partial charge in [0.25, 0.3) is 5.91 Å². The predicted octanol–water partition coefficient (Wildman–Crippen LogP) is 5.26. The Kier molecular flexibility index (Phi) is 7.65. The van der Waals surface area contributed by atoms with E-state index in [1.54, 1.807) is 17.6 Å². The van der Waals surface area contributed by atoms with Crippen LogP contribution in [-0.2, 0) is 6.42 Å². The number of carbonyl (C=O) groups excluding carboxylic acids is 1. The number of benzene rings is 1. The molecule has 0 fully saturated rings. The number of rotatable bonds is 8. The summed E-state index contributed by atoms with van der Waals surface area (Å²) < 4.78 is 6.77. The number of amides is 1. The minimum Gasteiger partial charge on any atom is -0.493 e. The molecule has 4 nitrogen and oxygen atoms in total. The molecule has 0 bridgehead atoms. The third-order valence-electron chi connectivity index (χ3n) is 3.56. The lowest BCUT2D eigenvalue weighted by molar-refractivity contribution is 0.0955. The van der Waals surface area contributed by atoms with E-state index < -0.39 is 0 Å². The molecule has 6 heteroatoms. The number of hydrazone groups is 1. The lowest BCUT2D eigenvalue weighted by Gasteiger charge is -2.10. The number of ether oxygens (including phenoxy) is 1. The van der Waals surface area contributed by atoms with Gasteiger partial charge in [0.15, 0.2) is 0 Å². The second kappa shape index (κ2) is 9.73. The van der Waals surface area contributed by atoms with Gasteiger partial charge in [-0.3, -0.25) is 4.79 Å². The van der Waals surface area contributed by atoms with Gasteiger partial charge in [-0.1, -0.05) is 36.7 Å². The zero-order valence-electron chi connectivity index (χ0n) is 14.7. The van der Waals surface area contributed by atoms with Crippen LogP contribution >= 0.6 is 27.3 Å². The van der Waals surface area contributed by atoms with Crippen molar-refractivity contribution in [1.29, 1.82) is 0 Å². The second-order valence-electron chi connectivity index (χ2n) is 6.07. The third kappa shape index (κ3) is 6.29. The van der Waals surface area contributed by atoms with Crippen LogP contribution in [0.15, 0.2) is 39.2 Å². The van der Waals surface area contributed by atoms with E-state index in [4.69, 9.17) is 4.74 Å². The first kappa shape index (κ1) is 19.7. The van der Waals surface area contributed by atoms with Crippen molar-refractivity contribution in [2.24, 2.45) is 11.0 Å². The van der Waals surface area contributed by atoms with Gasteiger partial charge in [-0.15, -0.1) is 11.3 Å². The van der Waals surface area contributed by atoms with Gasteiger partial charge in [0, 0.05) is 20.3 Å². The van der Waals surface area contributed by atoms with Crippen molar-refractivity contribution in [3.63, 3.8) is 0 Å². The van der Waals surface area contributed by atoms with Crippen LogP contribution in [0.25, 0.3) is 0 Å². The molecule has 0 spiro atoms. The van der Waals surface area contributed by atoms with E-state index in [1.807, 2.05) is 29.6 Å². The fraction of sp³-hybridized carbons (Fsp3) is 0.368. The van der Waals surface area contributed by atoms with Gasteiger partial charge in [0.2, 0.25) is 0 Å². The highest BCUT2D eigenvalue weighted by atomic mass is 79.9. The van der Waals surface area contributed by atoms with Crippen LogP contribution < -0.4 is 10.2 Å². The molecule has 0 aliphatic carbocycles. The van der Waals surface area contributed by atoms with Gasteiger partial charge in [-0.05, 0) is 43.0 Å². The van der Waals surface area contributed by atoms with Crippen molar-refractivity contribution in [3.05, 3.63) is 50.1 Å². The molecular weight excluding hydrogens is 400 g/mol. The van der Waals surface area contributed by atoms with Crippen LogP contribution in [0.1, 0.15) is 48.0 Å². The molecule has 1 heterocycles. The standard InChI is InChI=1S/C19H23BrN2O2S/c1-4-17-10-15(12-25-17)19(23)22-21-11-14-9-16(20)5-6-18(14)24-8-7-13(2)3/h5-6,9-13H,4,7-8H2,1-3H3,(H,22,23). The Hall–Kier alpha value is -1.66. The van der Waals surface area contributed by atoms with Crippen LogP contribution in [0.3, 0.4) is 0 Å². The maximum atomic E-state index is 12.1. The second-order valence-corrected chi connectivity index (χ2v) is 7.98. The Morgan fingerprint density at radius 3 is 2.88 bits per heavy atom. The van der Waals surface area contributed by atoms with Gasteiger partial charge in [-0.25, -0.2) is 5.43 Å².